The number of H-pyrrole nitrogens is 1. The maximum atomic E-state index is 6.65. The highest BCUT2D eigenvalue weighted by atomic mass is 15.1. The van der Waals surface area contributed by atoms with Gasteiger partial charge < -0.3 is 16.0 Å². The number of aromatic amines is 1. The van der Waals surface area contributed by atoms with Gasteiger partial charge in [0.05, 0.1) is 22.9 Å². The smallest absolute Gasteiger partial charge is 0.150 e. The van der Waals surface area contributed by atoms with Crippen LogP contribution in [0, 0.1) is 0 Å². The molecule has 7 nitrogen and oxygen atoms in total. The number of imidazole rings is 2. The Bertz CT molecular complexity index is 1910. The number of rotatable bonds is 6. The standard InChI is InChI=1S/C34H35N7/c1-20(2)34-40-31(32-33(35)37-19-29(41(32)34)21-12-15-23(36-3)16-13-21)26-17-14-22(24-8-4-5-9-25(24)26)18-30-38-27-10-6-7-11-28(27)39-30/h4-12,14,17,19-20,23,36H,13,15-16,18H2,1-3H3,(H2,35,37)(H,38,39). The average Bonchev–Trinajstić information content (AvgIpc) is 3.60. The van der Waals surface area contributed by atoms with Crippen LogP contribution in [0.15, 0.2) is 72.9 Å². The Morgan fingerprint density at radius 3 is 2.59 bits per heavy atom. The van der Waals surface area contributed by atoms with E-state index >= 15 is 0 Å². The molecule has 1 aliphatic carbocycles. The van der Waals surface area contributed by atoms with E-state index in [4.69, 9.17) is 20.7 Å². The van der Waals surface area contributed by atoms with E-state index < -0.39 is 0 Å². The van der Waals surface area contributed by atoms with E-state index in [0.717, 1.165) is 69.8 Å². The second kappa shape index (κ2) is 10.2. The normalized spacial score (nSPS) is 15.8. The van der Waals surface area contributed by atoms with E-state index in [0.29, 0.717) is 18.3 Å². The minimum Gasteiger partial charge on any atom is -0.382 e. The zero-order valence-electron chi connectivity index (χ0n) is 23.8. The van der Waals surface area contributed by atoms with Gasteiger partial charge in [-0.05, 0) is 60.4 Å². The summed E-state index contributed by atoms with van der Waals surface area (Å²) in [5.74, 6) is 2.68. The molecule has 3 heterocycles. The molecule has 7 heteroatoms. The summed E-state index contributed by atoms with van der Waals surface area (Å²) < 4.78 is 2.27. The van der Waals surface area contributed by atoms with E-state index in [9.17, 15) is 0 Å². The lowest BCUT2D eigenvalue weighted by molar-refractivity contribution is 0.522. The molecule has 0 saturated heterocycles. The van der Waals surface area contributed by atoms with Gasteiger partial charge in [0.25, 0.3) is 0 Å². The molecule has 0 saturated carbocycles. The molecule has 0 amide bonds. The zero-order valence-corrected chi connectivity index (χ0v) is 23.8. The van der Waals surface area contributed by atoms with Gasteiger partial charge in [0.2, 0.25) is 0 Å². The molecule has 0 spiro atoms. The molecule has 1 atom stereocenters. The summed E-state index contributed by atoms with van der Waals surface area (Å²) in [6.07, 6.45) is 8.10. The van der Waals surface area contributed by atoms with Crippen LogP contribution in [0.3, 0.4) is 0 Å². The topological polar surface area (TPSA) is 96.9 Å². The van der Waals surface area contributed by atoms with E-state index in [2.05, 4.69) is 77.1 Å². The van der Waals surface area contributed by atoms with E-state index in [-0.39, 0.29) is 5.92 Å². The summed E-state index contributed by atoms with van der Waals surface area (Å²) in [7, 11) is 2.04. The number of nitrogen functional groups attached to an aromatic ring is 1. The van der Waals surface area contributed by atoms with Gasteiger partial charge in [-0.25, -0.2) is 15.0 Å². The molecule has 1 unspecified atom stereocenters. The molecule has 0 bridgehead atoms. The second-order valence-electron chi connectivity index (χ2n) is 11.4. The Kier molecular flexibility index (Phi) is 6.31. The minimum absolute atomic E-state index is 0.213. The highest BCUT2D eigenvalue weighted by Gasteiger charge is 2.25. The van der Waals surface area contributed by atoms with Crippen molar-refractivity contribution in [3.63, 3.8) is 0 Å². The third-order valence-corrected chi connectivity index (χ3v) is 8.44. The molecule has 3 aromatic heterocycles. The molecule has 6 aromatic rings. The van der Waals surface area contributed by atoms with Crippen molar-refractivity contribution in [2.75, 3.05) is 12.8 Å². The number of aromatic nitrogens is 5. The summed E-state index contributed by atoms with van der Waals surface area (Å²) in [6, 6.07) is 21.6. The zero-order chi connectivity index (χ0) is 28.1. The first-order valence-corrected chi connectivity index (χ1v) is 14.5. The fraction of sp³-hybridized carbons (Fsp3) is 0.265. The van der Waals surface area contributed by atoms with Crippen molar-refractivity contribution in [3.05, 3.63) is 95.8 Å². The number of benzene rings is 3. The molecule has 7 rings (SSSR count). The molecule has 206 valence electrons. The van der Waals surface area contributed by atoms with Gasteiger partial charge in [0.1, 0.15) is 28.7 Å². The summed E-state index contributed by atoms with van der Waals surface area (Å²) in [5.41, 5.74) is 15.2. The monoisotopic (exact) mass is 541 g/mol. The highest BCUT2D eigenvalue weighted by molar-refractivity contribution is 6.02. The SMILES string of the molecule is CNC1CC=C(c2cnc(N)c3c(-c4ccc(Cc5nc6ccccc6[nH]5)c5ccccc45)nc(C(C)C)n23)CC1. The number of para-hydroxylation sites is 2. The Morgan fingerprint density at radius 2 is 1.83 bits per heavy atom. The number of allylic oxidation sites excluding steroid dienone is 1. The Balaban J connectivity index is 1.39. The summed E-state index contributed by atoms with van der Waals surface area (Å²) >= 11 is 0. The number of hydrogen-bond acceptors (Lipinski definition) is 5. The van der Waals surface area contributed by atoms with Crippen molar-refractivity contribution in [2.24, 2.45) is 0 Å². The molecule has 0 aliphatic heterocycles. The number of nitrogens with zero attached hydrogens (tertiary/aromatic N) is 4. The van der Waals surface area contributed by atoms with Crippen molar-refractivity contribution >= 4 is 38.7 Å². The summed E-state index contributed by atoms with van der Waals surface area (Å²) in [4.78, 5) is 18.3. The molecule has 0 radical (unpaired) electrons. The van der Waals surface area contributed by atoms with Crippen molar-refractivity contribution in [1.29, 1.82) is 0 Å². The van der Waals surface area contributed by atoms with Crippen molar-refractivity contribution < 1.29 is 0 Å². The summed E-state index contributed by atoms with van der Waals surface area (Å²) in [5, 5.41) is 5.75. The van der Waals surface area contributed by atoms with Crippen LogP contribution in [0.25, 0.3) is 44.2 Å². The van der Waals surface area contributed by atoms with E-state index in [1.54, 1.807) is 0 Å². The third-order valence-electron chi connectivity index (χ3n) is 8.44. The molecule has 1 aliphatic rings. The van der Waals surface area contributed by atoms with Crippen LogP contribution in [0.1, 0.15) is 61.9 Å². The Morgan fingerprint density at radius 1 is 1.02 bits per heavy atom. The maximum absolute atomic E-state index is 6.65. The molecular formula is C34H35N7. The largest absolute Gasteiger partial charge is 0.382 e. The lowest BCUT2D eigenvalue weighted by Crippen LogP contribution is -2.26. The van der Waals surface area contributed by atoms with E-state index in [1.165, 1.54) is 16.5 Å². The average molecular weight is 542 g/mol. The predicted molar refractivity (Wildman–Crippen MR) is 168 cm³/mol. The summed E-state index contributed by atoms with van der Waals surface area (Å²) in [6.45, 7) is 4.39. The van der Waals surface area contributed by atoms with Crippen molar-refractivity contribution in [3.8, 4) is 11.3 Å². The fourth-order valence-corrected chi connectivity index (χ4v) is 6.29. The predicted octanol–water partition coefficient (Wildman–Crippen LogP) is 6.88. The van der Waals surface area contributed by atoms with Crippen LogP contribution in [0.5, 0.6) is 0 Å². The minimum atomic E-state index is 0.213. The highest BCUT2D eigenvalue weighted by Crippen LogP contribution is 2.39. The number of fused-ring (bicyclic) bond motifs is 3. The molecule has 3 aromatic carbocycles. The van der Waals surface area contributed by atoms with Crippen LogP contribution < -0.4 is 11.1 Å². The number of anilines is 1. The number of nitrogens with two attached hydrogens (primary N) is 1. The third kappa shape index (κ3) is 4.37. The fourth-order valence-electron chi connectivity index (χ4n) is 6.29. The second-order valence-corrected chi connectivity index (χ2v) is 11.4. The van der Waals surface area contributed by atoms with Crippen LogP contribution in [-0.2, 0) is 6.42 Å². The van der Waals surface area contributed by atoms with Gasteiger partial charge >= 0.3 is 0 Å². The van der Waals surface area contributed by atoms with Gasteiger partial charge in [-0.15, -0.1) is 0 Å². The van der Waals surface area contributed by atoms with Crippen LogP contribution in [-0.4, -0.2) is 37.4 Å². The lowest BCUT2D eigenvalue weighted by atomic mass is 9.93. The quantitative estimate of drug-likeness (QED) is 0.214. The first-order chi connectivity index (χ1) is 20.0. The van der Waals surface area contributed by atoms with E-state index in [1.807, 2.05) is 31.4 Å². The van der Waals surface area contributed by atoms with Gasteiger partial charge in [-0.2, -0.15) is 0 Å². The van der Waals surface area contributed by atoms with Gasteiger partial charge in [-0.3, -0.25) is 4.40 Å². The number of hydrogen-bond donors (Lipinski definition) is 3. The first kappa shape index (κ1) is 25.5. The van der Waals surface area contributed by atoms with Gasteiger partial charge in [0, 0.05) is 23.9 Å². The van der Waals surface area contributed by atoms with Gasteiger partial charge in [0.15, 0.2) is 0 Å². The van der Waals surface area contributed by atoms with Crippen LogP contribution in [0.4, 0.5) is 5.82 Å². The molecule has 41 heavy (non-hydrogen) atoms. The lowest BCUT2D eigenvalue weighted by Gasteiger charge is -2.22. The Hall–Kier alpha value is -4.49. The van der Waals surface area contributed by atoms with Crippen molar-refractivity contribution in [1.82, 2.24) is 29.7 Å². The molecular weight excluding hydrogens is 506 g/mol. The molecule has 0 fully saturated rings. The van der Waals surface area contributed by atoms with Gasteiger partial charge in [-0.1, -0.05) is 68.5 Å². The first-order valence-electron chi connectivity index (χ1n) is 14.5. The number of nitrogens with one attached hydrogen (secondary N) is 2. The van der Waals surface area contributed by atoms with Crippen molar-refractivity contribution in [2.45, 2.75) is 51.5 Å². The molecule has 4 N–H and O–H groups in total. The van der Waals surface area contributed by atoms with Crippen LogP contribution >= 0.6 is 0 Å². The van der Waals surface area contributed by atoms with Crippen LogP contribution in [0.2, 0.25) is 0 Å². The Labute approximate surface area is 239 Å². The maximum Gasteiger partial charge on any atom is 0.150 e.